The zero-order chi connectivity index (χ0) is 16.8. The molecular formula is C17H13FN2O3. The highest BCUT2D eigenvalue weighted by atomic mass is 19.1. The third-order valence-corrected chi connectivity index (χ3v) is 3.00. The van der Waals surface area contributed by atoms with Gasteiger partial charge in [-0.2, -0.15) is 5.26 Å². The molecule has 0 saturated heterocycles. The number of anilines is 1. The normalized spacial score (nSPS) is 10.7. The van der Waals surface area contributed by atoms with Gasteiger partial charge >= 0.3 is 0 Å². The van der Waals surface area contributed by atoms with E-state index in [4.69, 9.17) is 10.00 Å². The van der Waals surface area contributed by atoms with Crippen molar-refractivity contribution in [1.29, 1.82) is 5.26 Å². The molecule has 0 aliphatic heterocycles. The lowest BCUT2D eigenvalue weighted by molar-refractivity contribution is -0.112. The molecule has 0 aliphatic rings. The van der Waals surface area contributed by atoms with Crippen LogP contribution >= 0.6 is 0 Å². The van der Waals surface area contributed by atoms with E-state index in [1.54, 1.807) is 18.2 Å². The number of ether oxygens (including phenoxy) is 1. The van der Waals surface area contributed by atoms with Crippen LogP contribution in [0.4, 0.5) is 10.1 Å². The van der Waals surface area contributed by atoms with Crippen LogP contribution in [0.2, 0.25) is 0 Å². The number of nitrogens with zero attached hydrogens (tertiary/aromatic N) is 1. The Hall–Kier alpha value is -3.33. The van der Waals surface area contributed by atoms with Crippen LogP contribution in [-0.4, -0.2) is 18.1 Å². The number of carbonyl (C=O) groups is 1. The van der Waals surface area contributed by atoms with E-state index in [1.165, 1.54) is 43.5 Å². The summed E-state index contributed by atoms with van der Waals surface area (Å²) in [7, 11) is 1.41. The first kappa shape index (κ1) is 16.0. The fourth-order valence-corrected chi connectivity index (χ4v) is 1.86. The van der Waals surface area contributed by atoms with E-state index in [-0.39, 0.29) is 22.8 Å². The minimum Gasteiger partial charge on any atom is -0.504 e. The van der Waals surface area contributed by atoms with Crippen LogP contribution in [0, 0.1) is 17.1 Å². The monoisotopic (exact) mass is 312 g/mol. The molecule has 0 heterocycles. The highest BCUT2D eigenvalue weighted by molar-refractivity contribution is 6.09. The first-order valence-corrected chi connectivity index (χ1v) is 6.60. The molecule has 2 rings (SSSR count). The van der Waals surface area contributed by atoms with E-state index in [2.05, 4.69) is 5.32 Å². The molecule has 0 bridgehead atoms. The molecule has 23 heavy (non-hydrogen) atoms. The number of benzene rings is 2. The minimum absolute atomic E-state index is 0.0174. The molecule has 6 heteroatoms. The Bertz CT molecular complexity index is 810. The van der Waals surface area contributed by atoms with Gasteiger partial charge in [-0.15, -0.1) is 0 Å². The van der Waals surface area contributed by atoms with Crippen molar-refractivity contribution in [1.82, 2.24) is 0 Å². The van der Waals surface area contributed by atoms with E-state index >= 15 is 0 Å². The molecule has 0 aliphatic carbocycles. The molecule has 5 nitrogen and oxygen atoms in total. The maximum atomic E-state index is 13.5. The molecular weight excluding hydrogens is 299 g/mol. The number of para-hydroxylation sites is 1. The number of amides is 1. The van der Waals surface area contributed by atoms with Crippen molar-refractivity contribution in [3.63, 3.8) is 0 Å². The molecule has 0 radical (unpaired) electrons. The average molecular weight is 312 g/mol. The lowest BCUT2D eigenvalue weighted by Gasteiger charge is -2.06. The summed E-state index contributed by atoms with van der Waals surface area (Å²) >= 11 is 0. The zero-order valence-corrected chi connectivity index (χ0v) is 12.2. The van der Waals surface area contributed by atoms with Gasteiger partial charge in [0.1, 0.15) is 17.5 Å². The third kappa shape index (κ3) is 3.86. The summed E-state index contributed by atoms with van der Waals surface area (Å²) in [5, 5.41) is 21.1. The van der Waals surface area contributed by atoms with Crippen molar-refractivity contribution >= 4 is 17.7 Å². The number of carbonyl (C=O) groups excluding carboxylic acids is 1. The molecule has 0 atom stereocenters. The molecule has 0 spiro atoms. The zero-order valence-electron chi connectivity index (χ0n) is 12.2. The third-order valence-electron chi connectivity index (χ3n) is 3.00. The number of halogens is 1. The van der Waals surface area contributed by atoms with Crippen LogP contribution < -0.4 is 10.1 Å². The number of rotatable bonds is 4. The molecule has 116 valence electrons. The maximum absolute atomic E-state index is 13.5. The number of hydrogen-bond acceptors (Lipinski definition) is 4. The van der Waals surface area contributed by atoms with E-state index in [1.807, 2.05) is 0 Å². The standard InChI is InChI=1S/C17H13FN2O3/c1-23-16-7-6-11(9-15(16)21)8-12(10-19)17(22)20-14-5-3-2-4-13(14)18/h2-9,21H,1H3,(H,20,22)/b12-8-. The van der Waals surface area contributed by atoms with Gasteiger partial charge in [-0.25, -0.2) is 4.39 Å². The van der Waals surface area contributed by atoms with Gasteiger partial charge in [0, 0.05) is 0 Å². The van der Waals surface area contributed by atoms with E-state index in [0.717, 1.165) is 0 Å². The van der Waals surface area contributed by atoms with Crippen LogP contribution in [0.25, 0.3) is 6.08 Å². The summed E-state index contributed by atoms with van der Waals surface area (Å²) in [5.41, 5.74) is 0.192. The number of aromatic hydroxyl groups is 1. The van der Waals surface area contributed by atoms with Gasteiger partial charge in [0.15, 0.2) is 11.5 Å². The van der Waals surface area contributed by atoms with Gasteiger partial charge in [0.05, 0.1) is 12.8 Å². The molecule has 2 aromatic rings. The summed E-state index contributed by atoms with van der Waals surface area (Å²) in [5.74, 6) is -1.18. The minimum atomic E-state index is -0.743. The van der Waals surface area contributed by atoms with Gasteiger partial charge in [-0.05, 0) is 35.9 Å². The lowest BCUT2D eigenvalue weighted by Crippen LogP contribution is -2.14. The fourth-order valence-electron chi connectivity index (χ4n) is 1.86. The summed E-state index contributed by atoms with van der Waals surface area (Å²) in [4.78, 5) is 12.1. The fraction of sp³-hybridized carbons (Fsp3) is 0.0588. The SMILES string of the molecule is COc1ccc(/C=C(/C#N)C(=O)Nc2ccccc2F)cc1O. The smallest absolute Gasteiger partial charge is 0.266 e. The van der Waals surface area contributed by atoms with Gasteiger partial charge in [0.2, 0.25) is 0 Å². The van der Waals surface area contributed by atoms with Crippen molar-refractivity contribution < 1.29 is 19.0 Å². The van der Waals surface area contributed by atoms with E-state index in [9.17, 15) is 14.3 Å². The quantitative estimate of drug-likeness (QED) is 0.671. The Labute approximate surface area is 132 Å². The van der Waals surface area contributed by atoms with Crippen molar-refractivity contribution in [3.8, 4) is 17.6 Å². The lowest BCUT2D eigenvalue weighted by atomic mass is 10.1. The molecule has 1 amide bonds. The van der Waals surface area contributed by atoms with Crippen molar-refractivity contribution in [2.45, 2.75) is 0 Å². The summed E-state index contributed by atoms with van der Waals surface area (Å²) < 4.78 is 18.4. The predicted octanol–water partition coefficient (Wildman–Crippen LogP) is 3.09. The Kier molecular flexibility index (Phi) is 4.95. The molecule has 2 aromatic carbocycles. The number of phenols is 1. The maximum Gasteiger partial charge on any atom is 0.266 e. The second-order valence-corrected chi connectivity index (χ2v) is 4.54. The summed E-state index contributed by atoms with van der Waals surface area (Å²) in [6.45, 7) is 0. The van der Waals surface area contributed by atoms with Gasteiger partial charge in [-0.3, -0.25) is 4.79 Å². The van der Waals surface area contributed by atoms with Crippen LogP contribution in [0.15, 0.2) is 48.0 Å². The summed E-state index contributed by atoms with van der Waals surface area (Å²) in [6, 6.07) is 11.8. The number of nitrogens with one attached hydrogen (secondary N) is 1. The van der Waals surface area contributed by atoms with Crippen LogP contribution in [-0.2, 0) is 4.79 Å². The Morgan fingerprint density at radius 3 is 2.70 bits per heavy atom. The predicted molar refractivity (Wildman–Crippen MR) is 83.3 cm³/mol. The van der Waals surface area contributed by atoms with Gasteiger partial charge in [-0.1, -0.05) is 18.2 Å². The highest BCUT2D eigenvalue weighted by Crippen LogP contribution is 2.27. The average Bonchev–Trinajstić information content (AvgIpc) is 2.54. The first-order chi connectivity index (χ1) is 11.0. The highest BCUT2D eigenvalue weighted by Gasteiger charge is 2.12. The van der Waals surface area contributed by atoms with Crippen LogP contribution in [0.1, 0.15) is 5.56 Å². The Morgan fingerprint density at radius 1 is 1.35 bits per heavy atom. The van der Waals surface area contributed by atoms with Crippen LogP contribution in [0.3, 0.4) is 0 Å². The molecule has 2 N–H and O–H groups in total. The molecule has 0 saturated carbocycles. The van der Waals surface area contributed by atoms with Crippen molar-refractivity contribution in [2.75, 3.05) is 12.4 Å². The van der Waals surface area contributed by atoms with E-state index < -0.39 is 11.7 Å². The second kappa shape index (κ2) is 7.09. The second-order valence-electron chi connectivity index (χ2n) is 4.54. The Morgan fingerprint density at radius 2 is 2.09 bits per heavy atom. The van der Waals surface area contributed by atoms with Gasteiger partial charge in [0.25, 0.3) is 5.91 Å². The van der Waals surface area contributed by atoms with Crippen LogP contribution in [0.5, 0.6) is 11.5 Å². The molecule has 0 unspecified atom stereocenters. The van der Waals surface area contributed by atoms with Crippen molar-refractivity contribution in [3.05, 3.63) is 59.4 Å². The number of phenolic OH excluding ortho intramolecular Hbond substituents is 1. The molecule has 0 aromatic heterocycles. The number of nitriles is 1. The molecule has 0 fully saturated rings. The largest absolute Gasteiger partial charge is 0.504 e. The van der Waals surface area contributed by atoms with E-state index in [0.29, 0.717) is 5.56 Å². The number of methoxy groups -OCH3 is 1. The van der Waals surface area contributed by atoms with Gasteiger partial charge < -0.3 is 15.2 Å². The Balaban J connectivity index is 2.25. The summed E-state index contributed by atoms with van der Waals surface area (Å²) in [6.07, 6.45) is 1.29. The topological polar surface area (TPSA) is 82.3 Å². The van der Waals surface area contributed by atoms with Crippen molar-refractivity contribution in [2.24, 2.45) is 0 Å². The first-order valence-electron chi connectivity index (χ1n) is 6.60. The number of hydrogen-bond donors (Lipinski definition) is 2.